The SMILES string of the molecule is Cc1c(N)cccc1NC(=O)CN1CCC(C(C)C)C1. The average Bonchev–Trinajstić information content (AvgIpc) is 2.83. The van der Waals surface area contributed by atoms with E-state index in [2.05, 4.69) is 24.1 Å². The molecule has 1 atom stereocenters. The predicted octanol–water partition coefficient (Wildman–Crippen LogP) is 2.49. The molecular weight excluding hydrogens is 250 g/mol. The molecule has 20 heavy (non-hydrogen) atoms. The highest BCUT2D eigenvalue weighted by Gasteiger charge is 2.26. The van der Waals surface area contributed by atoms with Crippen LogP contribution in [0.3, 0.4) is 0 Å². The Labute approximate surface area is 121 Å². The number of carbonyl (C=O) groups is 1. The third-order valence-corrected chi connectivity index (χ3v) is 4.27. The molecule has 1 heterocycles. The van der Waals surface area contributed by atoms with Crippen LogP contribution in [-0.2, 0) is 4.79 Å². The van der Waals surface area contributed by atoms with Crippen molar-refractivity contribution in [1.82, 2.24) is 4.90 Å². The lowest BCUT2D eigenvalue weighted by Gasteiger charge is -2.18. The molecule has 2 rings (SSSR count). The molecule has 0 saturated carbocycles. The van der Waals surface area contributed by atoms with E-state index in [0.717, 1.165) is 30.3 Å². The fourth-order valence-electron chi connectivity index (χ4n) is 2.73. The van der Waals surface area contributed by atoms with Gasteiger partial charge in [0.2, 0.25) is 5.91 Å². The summed E-state index contributed by atoms with van der Waals surface area (Å²) in [5.74, 6) is 1.46. The number of likely N-dealkylation sites (tertiary alicyclic amines) is 1. The zero-order chi connectivity index (χ0) is 14.7. The van der Waals surface area contributed by atoms with Crippen LogP contribution in [0.2, 0.25) is 0 Å². The molecule has 0 aromatic heterocycles. The topological polar surface area (TPSA) is 58.4 Å². The Balaban J connectivity index is 1.89. The number of amides is 1. The highest BCUT2D eigenvalue weighted by atomic mass is 16.2. The minimum absolute atomic E-state index is 0.0445. The van der Waals surface area contributed by atoms with Crippen LogP contribution in [-0.4, -0.2) is 30.4 Å². The minimum Gasteiger partial charge on any atom is -0.398 e. The van der Waals surface area contributed by atoms with Gasteiger partial charge in [0.15, 0.2) is 0 Å². The van der Waals surface area contributed by atoms with Crippen LogP contribution in [0, 0.1) is 18.8 Å². The highest BCUT2D eigenvalue weighted by Crippen LogP contribution is 2.24. The van der Waals surface area contributed by atoms with Crippen molar-refractivity contribution in [1.29, 1.82) is 0 Å². The molecule has 0 bridgehead atoms. The van der Waals surface area contributed by atoms with E-state index in [1.807, 2.05) is 25.1 Å². The molecule has 1 amide bonds. The maximum Gasteiger partial charge on any atom is 0.238 e. The number of carbonyl (C=O) groups excluding carboxylic acids is 1. The first-order chi connectivity index (χ1) is 9.47. The summed E-state index contributed by atoms with van der Waals surface area (Å²) in [4.78, 5) is 14.4. The maximum absolute atomic E-state index is 12.1. The summed E-state index contributed by atoms with van der Waals surface area (Å²) in [5.41, 5.74) is 8.31. The summed E-state index contributed by atoms with van der Waals surface area (Å²) >= 11 is 0. The lowest BCUT2D eigenvalue weighted by molar-refractivity contribution is -0.117. The van der Waals surface area contributed by atoms with Crippen molar-refractivity contribution in [2.24, 2.45) is 11.8 Å². The largest absolute Gasteiger partial charge is 0.398 e. The van der Waals surface area contributed by atoms with Gasteiger partial charge in [0.1, 0.15) is 0 Å². The summed E-state index contributed by atoms with van der Waals surface area (Å²) in [6, 6.07) is 5.60. The van der Waals surface area contributed by atoms with Gasteiger partial charge < -0.3 is 11.1 Å². The normalized spacial score (nSPS) is 19.5. The van der Waals surface area contributed by atoms with Gasteiger partial charge in [-0.3, -0.25) is 9.69 Å². The van der Waals surface area contributed by atoms with E-state index in [1.165, 1.54) is 6.42 Å². The third-order valence-electron chi connectivity index (χ3n) is 4.27. The average molecular weight is 275 g/mol. The first-order valence-electron chi connectivity index (χ1n) is 7.34. The predicted molar refractivity (Wildman–Crippen MR) is 83.6 cm³/mol. The van der Waals surface area contributed by atoms with Crippen molar-refractivity contribution in [3.8, 4) is 0 Å². The van der Waals surface area contributed by atoms with Gasteiger partial charge in [0.25, 0.3) is 0 Å². The van der Waals surface area contributed by atoms with Crippen LogP contribution in [0.4, 0.5) is 11.4 Å². The Kier molecular flexibility index (Phi) is 4.65. The van der Waals surface area contributed by atoms with Gasteiger partial charge in [0, 0.05) is 17.9 Å². The molecule has 1 unspecified atom stereocenters. The zero-order valence-corrected chi connectivity index (χ0v) is 12.6. The quantitative estimate of drug-likeness (QED) is 0.830. The van der Waals surface area contributed by atoms with E-state index in [4.69, 9.17) is 5.73 Å². The molecule has 1 saturated heterocycles. The number of rotatable bonds is 4. The standard InChI is InChI=1S/C16H25N3O/c1-11(2)13-7-8-19(9-13)10-16(20)18-15-6-4-5-14(17)12(15)3/h4-6,11,13H,7-10,17H2,1-3H3,(H,18,20). The van der Waals surface area contributed by atoms with E-state index < -0.39 is 0 Å². The molecular formula is C16H25N3O. The Morgan fingerprint density at radius 3 is 2.90 bits per heavy atom. The van der Waals surface area contributed by atoms with Gasteiger partial charge in [-0.1, -0.05) is 19.9 Å². The lowest BCUT2D eigenvalue weighted by atomic mass is 9.95. The van der Waals surface area contributed by atoms with E-state index in [1.54, 1.807) is 0 Å². The van der Waals surface area contributed by atoms with Crippen molar-refractivity contribution < 1.29 is 4.79 Å². The molecule has 1 aliphatic rings. The number of nitrogen functional groups attached to an aromatic ring is 1. The second-order valence-corrected chi connectivity index (χ2v) is 6.10. The summed E-state index contributed by atoms with van der Waals surface area (Å²) < 4.78 is 0. The fraction of sp³-hybridized carbons (Fsp3) is 0.562. The van der Waals surface area contributed by atoms with Crippen LogP contribution >= 0.6 is 0 Å². The highest BCUT2D eigenvalue weighted by molar-refractivity contribution is 5.93. The fourth-order valence-corrected chi connectivity index (χ4v) is 2.73. The minimum atomic E-state index is 0.0445. The molecule has 1 aromatic rings. The summed E-state index contributed by atoms with van der Waals surface area (Å²) in [5, 5.41) is 2.96. The Bertz CT molecular complexity index is 485. The summed E-state index contributed by atoms with van der Waals surface area (Å²) in [6.07, 6.45) is 1.20. The Morgan fingerprint density at radius 2 is 2.25 bits per heavy atom. The second-order valence-electron chi connectivity index (χ2n) is 6.10. The molecule has 110 valence electrons. The third kappa shape index (κ3) is 3.51. The zero-order valence-electron chi connectivity index (χ0n) is 12.6. The number of benzene rings is 1. The van der Waals surface area contributed by atoms with Crippen molar-refractivity contribution in [2.45, 2.75) is 27.2 Å². The molecule has 4 nitrogen and oxygen atoms in total. The van der Waals surface area contributed by atoms with Crippen molar-refractivity contribution in [3.63, 3.8) is 0 Å². The molecule has 1 fully saturated rings. The lowest BCUT2D eigenvalue weighted by Crippen LogP contribution is -2.32. The number of hydrogen-bond acceptors (Lipinski definition) is 3. The first kappa shape index (κ1) is 14.9. The van der Waals surface area contributed by atoms with Gasteiger partial charge in [0.05, 0.1) is 6.54 Å². The molecule has 0 aliphatic carbocycles. The summed E-state index contributed by atoms with van der Waals surface area (Å²) in [7, 11) is 0. The van der Waals surface area contributed by atoms with E-state index in [9.17, 15) is 4.79 Å². The van der Waals surface area contributed by atoms with Gasteiger partial charge in [-0.25, -0.2) is 0 Å². The van der Waals surface area contributed by atoms with E-state index in [0.29, 0.717) is 18.2 Å². The number of anilines is 2. The molecule has 4 heteroatoms. The van der Waals surface area contributed by atoms with Crippen molar-refractivity contribution in [2.75, 3.05) is 30.7 Å². The molecule has 1 aliphatic heterocycles. The van der Waals surface area contributed by atoms with Crippen LogP contribution in [0.25, 0.3) is 0 Å². The maximum atomic E-state index is 12.1. The van der Waals surface area contributed by atoms with Crippen LogP contribution in [0.5, 0.6) is 0 Å². The smallest absolute Gasteiger partial charge is 0.238 e. The van der Waals surface area contributed by atoms with Crippen LogP contribution in [0.1, 0.15) is 25.8 Å². The van der Waals surface area contributed by atoms with Crippen molar-refractivity contribution >= 4 is 17.3 Å². The number of nitrogens with one attached hydrogen (secondary N) is 1. The van der Waals surface area contributed by atoms with Crippen molar-refractivity contribution in [3.05, 3.63) is 23.8 Å². The Hall–Kier alpha value is -1.55. The molecule has 0 radical (unpaired) electrons. The molecule has 1 aromatic carbocycles. The number of nitrogens with zero attached hydrogens (tertiary/aromatic N) is 1. The summed E-state index contributed by atoms with van der Waals surface area (Å²) in [6.45, 7) is 8.95. The van der Waals surface area contributed by atoms with Gasteiger partial charge in [-0.15, -0.1) is 0 Å². The van der Waals surface area contributed by atoms with E-state index in [-0.39, 0.29) is 5.91 Å². The Morgan fingerprint density at radius 1 is 1.50 bits per heavy atom. The van der Waals surface area contributed by atoms with Gasteiger partial charge >= 0.3 is 0 Å². The monoisotopic (exact) mass is 275 g/mol. The number of nitrogens with two attached hydrogens (primary N) is 1. The van der Waals surface area contributed by atoms with E-state index >= 15 is 0 Å². The second kappa shape index (κ2) is 6.27. The van der Waals surface area contributed by atoms with Crippen LogP contribution in [0.15, 0.2) is 18.2 Å². The number of hydrogen-bond donors (Lipinski definition) is 2. The molecule has 0 spiro atoms. The van der Waals surface area contributed by atoms with Gasteiger partial charge in [-0.2, -0.15) is 0 Å². The molecule has 3 N–H and O–H groups in total. The van der Waals surface area contributed by atoms with Crippen LogP contribution < -0.4 is 11.1 Å². The van der Waals surface area contributed by atoms with Gasteiger partial charge in [-0.05, 0) is 49.4 Å². The first-order valence-corrected chi connectivity index (χ1v) is 7.34.